The maximum absolute atomic E-state index is 14.6. The zero-order valence-electron chi connectivity index (χ0n) is 24.7. The minimum Gasteiger partial charge on any atom is -0.497 e. The van der Waals surface area contributed by atoms with Gasteiger partial charge in [0, 0.05) is 44.2 Å². The first kappa shape index (κ1) is 29.5. The Balaban J connectivity index is 1.66. The van der Waals surface area contributed by atoms with Crippen LogP contribution < -0.4 is 9.47 Å². The number of benzene rings is 3. The highest BCUT2D eigenvalue weighted by Gasteiger charge is 2.45. The van der Waals surface area contributed by atoms with Crippen molar-refractivity contribution in [2.45, 2.75) is 45.9 Å². The van der Waals surface area contributed by atoms with Gasteiger partial charge < -0.3 is 19.3 Å². The Bertz CT molecular complexity index is 1460. The van der Waals surface area contributed by atoms with Crippen LogP contribution in [0.25, 0.3) is 0 Å². The molecular weight excluding hydrogens is 552 g/mol. The maximum Gasteiger partial charge on any atom is 0.326 e. The van der Waals surface area contributed by atoms with E-state index in [0.29, 0.717) is 54.1 Å². The number of methoxy groups -OCH3 is 1. The van der Waals surface area contributed by atoms with Crippen molar-refractivity contribution < 1.29 is 19.1 Å². The molecule has 3 aromatic carbocycles. The molecule has 2 unspecified atom stereocenters. The van der Waals surface area contributed by atoms with E-state index in [0.717, 1.165) is 16.7 Å². The predicted octanol–water partition coefficient (Wildman–Crippen LogP) is 6.27. The van der Waals surface area contributed by atoms with Crippen molar-refractivity contribution in [2.75, 3.05) is 33.3 Å². The van der Waals surface area contributed by atoms with Gasteiger partial charge in [0.05, 0.1) is 24.8 Å². The number of rotatable bonds is 6. The van der Waals surface area contributed by atoms with Crippen LogP contribution in [0.15, 0.2) is 71.7 Å². The monoisotopic (exact) mass is 588 g/mol. The van der Waals surface area contributed by atoms with Crippen molar-refractivity contribution in [2.24, 2.45) is 4.99 Å². The number of hydrogen-bond acceptors (Lipinski definition) is 5. The first-order valence-corrected chi connectivity index (χ1v) is 14.6. The summed E-state index contributed by atoms with van der Waals surface area (Å²) in [7, 11) is 1.61. The fraction of sp³-hybridized carbons (Fsp3) is 0.364. The third-order valence-electron chi connectivity index (χ3n) is 7.69. The first-order chi connectivity index (χ1) is 20.2. The van der Waals surface area contributed by atoms with E-state index in [1.54, 1.807) is 23.8 Å². The molecule has 0 spiro atoms. The second-order valence-corrected chi connectivity index (χ2v) is 11.4. The Labute approximate surface area is 252 Å². The Hall–Kier alpha value is -4.04. The second kappa shape index (κ2) is 12.4. The summed E-state index contributed by atoms with van der Waals surface area (Å²) in [5, 5.41) is 0.616. The molecule has 5 rings (SSSR count). The Morgan fingerprint density at radius 1 is 0.905 bits per heavy atom. The Kier molecular flexibility index (Phi) is 8.73. The van der Waals surface area contributed by atoms with Gasteiger partial charge in [0.25, 0.3) is 0 Å². The molecule has 9 heteroatoms. The molecular formula is C33H37ClN4O4. The van der Waals surface area contributed by atoms with Gasteiger partial charge in [-0.25, -0.2) is 4.79 Å². The molecule has 2 atom stereocenters. The number of aliphatic imine (C=N–C) groups is 1. The van der Waals surface area contributed by atoms with Gasteiger partial charge >= 0.3 is 6.03 Å². The molecule has 3 aromatic rings. The summed E-state index contributed by atoms with van der Waals surface area (Å²) in [5.41, 5.74) is 3.76. The van der Waals surface area contributed by atoms with Crippen LogP contribution in [-0.4, -0.2) is 71.9 Å². The number of piperazine rings is 1. The highest BCUT2D eigenvalue weighted by atomic mass is 35.5. The van der Waals surface area contributed by atoms with Crippen LogP contribution in [0.2, 0.25) is 5.02 Å². The third kappa shape index (κ3) is 6.09. The number of amidine groups is 1. The largest absolute Gasteiger partial charge is 0.497 e. The van der Waals surface area contributed by atoms with Crippen LogP contribution in [0, 0.1) is 6.92 Å². The molecule has 0 N–H and O–H groups in total. The molecule has 3 amide bonds. The zero-order valence-corrected chi connectivity index (χ0v) is 25.5. The highest BCUT2D eigenvalue weighted by Crippen LogP contribution is 2.45. The van der Waals surface area contributed by atoms with Gasteiger partial charge in [0.2, 0.25) is 5.91 Å². The third-order valence-corrected chi connectivity index (χ3v) is 7.94. The van der Waals surface area contributed by atoms with Gasteiger partial charge in [-0.3, -0.25) is 14.7 Å². The Morgan fingerprint density at radius 3 is 2.12 bits per heavy atom. The van der Waals surface area contributed by atoms with Crippen LogP contribution in [0.5, 0.6) is 11.5 Å². The van der Waals surface area contributed by atoms with Crippen molar-refractivity contribution in [3.05, 3.63) is 94.0 Å². The molecule has 220 valence electrons. The summed E-state index contributed by atoms with van der Waals surface area (Å²) in [4.78, 5) is 37.2. The van der Waals surface area contributed by atoms with Crippen molar-refractivity contribution in [1.82, 2.24) is 14.7 Å². The van der Waals surface area contributed by atoms with E-state index in [9.17, 15) is 9.59 Å². The molecule has 0 bridgehead atoms. The first-order valence-electron chi connectivity index (χ1n) is 14.2. The fourth-order valence-electron chi connectivity index (χ4n) is 5.49. The average molecular weight is 589 g/mol. The minimum atomic E-state index is -0.438. The standard InChI is InChI=1S/C33H37ClN4O4/c1-21(2)42-29-20-27(41-5)14-15-28(29)32-35-30(24-8-6-22(3)7-9-24)31(25-10-12-26(34)13-11-25)38(32)33(40)37-18-16-36(17-19-37)23(4)39/h6-15,20-21,30-31H,16-19H2,1-5H3. The molecule has 0 saturated carbocycles. The molecule has 2 aliphatic heterocycles. The summed E-state index contributed by atoms with van der Waals surface area (Å²) >= 11 is 6.29. The van der Waals surface area contributed by atoms with Gasteiger partial charge in [-0.2, -0.15) is 0 Å². The van der Waals surface area contributed by atoms with Crippen molar-refractivity contribution in [3.63, 3.8) is 0 Å². The molecule has 1 saturated heterocycles. The van der Waals surface area contributed by atoms with E-state index in [1.807, 2.05) is 68.1 Å². The quantitative estimate of drug-likeness (QED) is 0.340. The number of urea groups is 1. The van der Waals surface area contributed by atoms with E-state index >= 15 is 0 Å². The highest BCUT2D eigenvalue weighted by molar-refractivity contribution is 6.30. The average Bonchev–Trinajstić information content (AvgIpc) is 3.37. The zero-order chi connectivity index (χ0) is 30.0. The molecule has 0 aromatic heterocycles. The van der Waals surface area contributed by atoms with Crippen LogP contribution >= 0.6 is 11.6 Å². The fourth-order valence-corrected chi connectivity index (χ4v) is 5.61. The Morgan fingerprint density at radius 2 is 1.52 bits per heavy atom. The van der Waals surface area contributed by atoms with Crippen LogP contribution in [0.1, 0.15) is 55.1 Å². The number of carbonyl (C=O) groups excluding carboxylic acids is 2. The number of halogens is 1. The van der Waals surface area contributed by atoms with Crippen LogP contribution in [0.3, 0.4) is 0 Å². The number of amides is 3. The molecule has 8 nitrogen and oxygen atoms in total. The number of ether oxygens (including phenoxy) is 2. The summed E-state index contributed by atoms with van der Waals surface area (Å²) < 4.78 is 11.8. The SMILES string of the molecule is COc1ccc(C2=NC(c3ccc(C)cc3)C(c3ccc(Cl)cc3)N2C(=O)N2CCN(C(C)=O)CC2)c(OC(C)C)c1. The van der Waals surface area contributed by atoms with E-state index in [2.05, 4.69) is 24.3 Å². The molecule has 2 heterocycles. The number of hydrogen-bond donors (Lipinski definition) is 0. The van der Waals surface area contributed by atoms with E-state index < -0.39 is 6.04 Å². The van der Waals surface area contributed by atoms with Gasteiger partial charge in [0.1, 0.15) is 23.4 Å². The normalized spacial score (nSPS) is 18.7. The minimum absolute atomic E-state index is 0.0118. The lowest BCUT2D eigenvalue weighted by atomic mass is 9.93. The summed E-state index contributed by atoms with van der Waals surface area (Å²) in [5.74, 6) is 1.77. The molecule has 42 heavy (non-hydrogen) atoms. The van der Waals surface area contributed by atoms with Crippen LogP contribution in [-0.2, 0) is 4.79 Å². The van der Waals surface area contributed by atoms with E-state index in [1.165, 1.54) is 0 Å². The van der Waals surface area contributed by atoms with E-state index in [-0.39, 0.29) is 24.1 Å². The number of aryl methyl sites for hydroxylation is 1. The summed E-state index contributed by atoms with van der Waals surface area (Å²) in [6.45, 7) is 9.37. The molecule has 1 fully saturated rings. The molecule has 2 aliphatic rings. The lowest BCUT2D eigenvalue weighted by molar-refractivity contribution is -0.130. The van der Waals surface area contributed by atoms with Gasteiger partial charge in [-0.15, -0.1) is 0 Å². The van der Waals surface area contributed by atoms with Crippen LogP contribution in [0.4, 0.5) is 4.79 Å². The van der Waals surface area contributed by atoms with Gasteiger partial charge in [-0.05, 0) is 56.2 Å². The molecule has 0 aliphatic carbocycles. The predicted molar refractivity (Wildman–Crippen MR) is 164 cm³/mol. The molecule has 0 radical (unpaired) electrons. The number of nitrogens with zero attached hydrogens (tertiary/aromatic N) is 4. The van der Waals surface area contributed by atoms with Gasteiger partial charge in [0.15, 0.2) is 0 Å². The smallest absolute Gasteiger partial charge is 0.326 e. The summed E-state index contributed by atoms with van der Waals surface area (Å²) in [6, 6.07) is 20.5. The van der Waals surface area contributed by atoms with E-state index in [4.69, 9.17) is 26.1 Å². The lowest BCUT2D eigenvalue weighted by Crippen LogP contribution is -2.54. The summed E-state index contributed by atoms with van der Waals surface area (Å²) in [6.07, 6.45) is -0.110. The van der Waals surface area contributed by atoms with Gasteiger partial charge in [-0.1, -0.05) is 53.6 Å². The number of carbonyl (C=O) groups is 2. The maximum atomic E-state index is 14.6. The van der Waals surface area contributed by atoms with Crippen molar-refractivity contribution >= 4 is 29.4 Å². The lowest BCUT2D eigenvalue weighted by Gasteiger charge is -2.39. The topological polar surface area (TPSA) is 74.7 Å². The second-order valence-electron chi connectivity index (χ2n) is 11.0. The van der Waals surface area contributed by atoms with Crippen molar-refractivity contribution in [3.8, 4) is 11.5 Å². The van der Waals surface area contributed by atoms with Crippen molar-refractivity contribution in [1.29, 1.82) is 0 Å².